The highest BCUT2D eigenvalue weighted by molar-refractivity contribution is 7.99. The number of fused-ring (bicyclic) bond motifs is 1. The molecule has 0 radical (unpaired) electrons. The van der Waals surface area contributed by atoms with Crippen LogP contribution in [0.2, 0.25) is 0 Å². The van der Waals surface area contributed by atoms with Gasteiger partial charge in [-0.15, -0.1) is 10.2 Å². The maximum Gasteiger partial charge on any atom is 0.234 e. The third-order valence-electron chi connectivity index (χ3n) is 4.69. The molecule has 4 rings (SSSR count). The Bertz CT molecular complexity index is 837. The molecule has 28 heavy (non-hydrogen) atoms. The van der Waals surface area contributed by atoms with Crippen LogP contribution >= 0.6 is 11.8 Å². The van der Waals surface area contributed by atoms with Gasteiger partial charge in [-0.05, 0) is 12.1 Å². The topological polar surface area (TPSA) is 91.9 Å². The van der Waals surface area contributed by atoms with Crippen LogP contribution in [0.15, 0.2) is 23.4 Å². The molecule has 0 saturated carbocycles. The minimum Gasteiger partial charge on any atom is -0.486 e. The van der Waals surface area contributed by atoms with E-state index in [0.717, 1.165) is 43.8 Å². The van der Waals surface area contributed by atoms with Crippen molar-refractivity contribution in [1.82, 2.24) is 14.8 Å². The lowest BCUT2D eigenvalue weighted by Crippen LogP contribution is -3.12. The van der Waals surface area contributed by atoms with Crippen molar-refractivity contribution in [3.8, 4) is 11.5 Å². The first kappa shape index (κ1) is 19.0. The molecule has 0 aliphatic carbocycles. The average molecular weight is 406 g/mol. The highest BCUT2D eigenvalue weighted by Crippen LogP contribution is 2.32. The number of ether oxygens (including phenoxy) is 3. The van der Waals surface area contributed by atoms with Crippen LogP contribution in [-0.4, -0.2) is 65.9 Å². The third-order valence-corrected chi connectivity index (χ3v) is 5.71. The van der Waals surface area contributed by atoms with Gasteiger partial charge >= 0.3 is 0 Å². The number of nitrogens with one attached hydrogen (secondary N) is 2. The molecule has 1 aromatic heterocycles. The Morgan fingerprint density at radius 2 is 1.96 bits per heavy atom. The number of hydrogen-bond donors (Lipinski definition) is 2. The monoisotopic (exact) mass is 406 g/mol. The molecule has 150 valence electrons. The molecule has 9 nitrogen and oxygen atoms in total. The van der Waals surface area contributed by atoms with Gasteiger partial charge < -0.3 is 29.0 Å². The van der Waals surface area contributed by atoms with E-state index in [1.54, 1.807) is 12.1 Å². The highest BCUT2D eigenvalue weighted by Gasteiger charge is 2.19. The number of quaternary nitrogens is 1. The fraction of sp³-hybridized carbons (Fsp3) is 0.500. The molecule has 1 fully saturated rings. The molecular weight excluding hydrogens is 382 g/mol. The van der Waals surface area contributed by atoms with Crippen LogP contribution in [0.5, 0.6) is 11.5 Å². The van der Waals surface area contributed by atoms with Gasteiger partial charge in [-0.1, -0.05) is 11.8 Å². The van der Waals surface area contributed by atoms with Crippen molar-refractivity contribution in [2.45, 2.75) is 11.7 Å². The van der Waals surface area contributed by atoms with E-state index >= 15 is 0 Å². The first-order valence-electron chi connectivity index (χ1n) is 9.31. The number of aromatic nitrogens is 3. The number of amides is 1. The SMILES string of the molecule is Cn1c(C[NH+]2CCOCC2)nnc1SCC(=O)Nc1ccc2c(c1)OCCO2. The highest BCUT2D eigenvalue weighted by atomic mass is 32.2. The van der Waals surface area contributed by atoms with Gasteiger partial charge in [-0.3, -0.25) is 4.79 Å². The van der Waals surface area contributed by atoms with E-state index in [1.807, 2.05) is 17.7 Å². The number of benzene rings is 1. The van der Waals surface area contributed by atoms with Gasteiger partial charge in [0.05, 0.1) is 19.0 Å². The fourth-order valence-electron chi connectivity index (χ4n) is 3.13. The molecular formula is C18H24N5O4S+. The number of carbonyl (C=O) groups excluding carboxylic acids is 1. The molecule has 2 aromatic rings. The predicted molar refractivity (Wildman–Crippen MR) is 103 cm³/mol. The van der Waals surface area contributed by atoms with E-state index in [-0.39, 0.29) is 11.7 Å². The summed E-state index contributed by atoms with van der Waals surface area (Å²) in [6, 6.07) is 5.39. The van der Waals surface area contributed by atoms with Gasteiger partial charge in [0.2, 0.25) is 5.91 Å². The number of nitrogens with zero attached hydrogens (tertiary/aromatic N) is 3. The molecule has 2 aliphatic rings. The normalized spacial score (nSPS) is 16.8. The lowest BCUT2D eigenvalue weighted by atomic mass is 10.2. The Morgan fingerprint density at radius 1 is 1.18 bits per heavy atom. The summed E-state index contributed by atoms with van der Waals surface area (Å²) in [4.78, 5) is 13.7. The van der Waals surface area contributed by atoms with Crippen molar-refractivity contribution in [1.29, 1.82) is 0 Å². The largest absolute Gasteiger partial charge is 0.486 e. The summed E-state index contributed by atoms with van der Waals surface area (Å²) in [5, 5.41) is 12.1. The van der Waals surface area contributed by atoms with Gasteiger partial charge in [0, 0.05) is 18.8 Å². The number of anilines is 1. The number of hydrogen-bond acceptors (Lipinski definition) is 7. The Labute approximate surface area is 167 Å². The second-order valence-electron chi connectivity index (χ2n) is 6.69. The molecule has 0 atom stereocenters. The van der Waals surface area contributed by atoms with Crippen molar-refractivity contribution in [2.24, 2.45) is 7.05 Å². The summed E-state index contributed by atoms with van der Waals surface area (Å²) < 4.78 is 18.4. The zero-order valence-corrected chi connectivity index (χ0v) is 16.6. The van der Waals surface area contributed by atoms with Crippen molar-refractivity contribution in [2.75, 3.05) is 50.6 Å². The van der Waals surface area contributed by atoms with Gasteiger partial charge in [-0.2, -0.15) is 0 Å². The van der Waals surface area contributed by atoms with E-state index < -0.39 is 0 Å². The van der Waals surface area contributed by atoms with Crippen molar-refractivity contribution in [3.05, 3.63) is 24.0 Å². The molecule has 2 aliphatic heterocycles. The second-order valence-corrected chi connectivity index (χ2v) is 7.63. The number of rotatable bonds is 6. The standard InChI is InChI=1S/C18H23N5O4S/c1-22-16(11-23-4-6-25-7-5-23)20-21-18(22)28-12-17(24)19-13-2-3-14-15(10-13)27-9-8-26-14/h2-3,10H,4-9,11-12H2,1H3,(H,19,24)/p+1. The number of carbonyl (C=O) groups is 1. The summed E-state index contributed by atoms with van der Waals surface area (Å²) in [6.45, 7) is 5.41. The van der Waals surface area contributed by atoms with Crippen molar-refractivity contribution >= 4 is 23.4 Å². The molecule has 1 saturated heterocycles. The quantitative estimate of drug-likeness (QED) is 0.638. The van der Waals surface area contributed by atoms with E-state index in [0.29, 0.717) is 30.4 Å². The first-order valence-corrected chi connectivity index (χ1v) is 10.3. The molecule has 2 N–H and O–H groups in total. The molecule has 0 bridgehead atoms. The Morgan fingerprint density at radius 3 is 2.79 bits per heavy atom. The third kappa shape index (κ3) is 4.57. The first-order chi connectivity index (χ1) is 13.7. The average Bonchev–Trinajstić information content (AvgIpc) is 3.06. The predicted octanol–water partition coefficient (Wildman–Crippen LogP) is -0.268. The summed E-state index contributed by atoms with van der Waals surface area (Å²) in [5.41, 5.74) is 0.685. The van der Waals surface area contributed by atoms with Gasteiger partial charge in [0.25, 0.3) is 0 Å². The van der Waals surface area contributed by atoms with Crippen LogP contribution in [0.4, 0.5) is 5.69 Å². The molecule has 1 amide bonds. The zero-order valence-electron chi connectivity index (χ0n) is 15.8. The maximum atomic E-state index is 12.3. The smallest absolute Gasteiger partial charge is 0.234 e. The van der Waals surface area contributed by atoms with E-state index in [9.17, 15) is 4.79 Å². The van der Waals surface area contributed by atoms with E-state index in [1.165, 1.54) is 16.7 Å². The van der Waals surface area contributed by atoms with Crippen LogP contribution in [0.25, 0.3) is 0 Å². The summed E-state index contributed by atoms with van der Waals surface area (Å²) in [6.07, 6.45) is 0. The van der Waals surface area contributed by atoms with E-state index in [2.05, 4.69) is 15.5 Å². The number of morpholine rings is 1. The molecule has 1 aromatic carbocycles. The Balaban J connectivity index is 1.30. The summed E-state index contributed by atoms with van der Waals surface area (Å²) in [7, 11) is 1.94. The molecule has 0 unspecified atom stereocenters. The lowest BCUT2D eigenvalue weighted by molar-refractivity contribution is -0.922. The van der Waals surface area contributed by atoms with Gasteiger partial charge in [0.15, 0.2) is 22.5 Å². The van der Waals surface area contributed by atoms with Gasteiger partial charge in [-0.25, -0.2) is 0 Å². The summed E-state index contributed by atoms with van der Waals surface area (Å²) >= 11 is 1.37. The van der Waals surface area contributed by atoms with Crippen LogP contribution in [-0.2, 0) is 23.1 Å². The Kier molecular flexibility index (Phi) is 5.98. The number of thioether (sulfide) groups is 1. The Hall–Kier alpha value is -2.30. The fourth-order valence-corrected chi connectivity index (χ4v) is 3.86. The molecule has 10 heteroatoms. The second kappa shape index (κ2) is 8.80. The van der Waals surface area contributed by atoms with E-state index in [4.69, 9.17) is 14.2 Å². The zero-order chi connectivity index (χ0) is 19.3. The maximum absolute atomic E-state index is 12.3. The molecule has 0 spiro atoms. The summed E-state index contributed by atoms with van der Waals surface area (Å²) in [5.74, 6) is 2.43. The minimum absolute atomic E-state index is 0.106. The van der Waals surface area contributed by atoms with Crippen LogP contribution in [0, 0.1) is 0 Å². The lowest BCUT2D eigenvalue weighted by Gasteiger charge is -2.23. The van der Waals surface area contributed by atoms with Gasteiger partial charge in [0.1, 0.15) is 32.8 Å². The molecule has 3 heterocycles. The van der Waals surface area contributed by atoms with Crippen molar-refractivity contribution in [3.63, 3.8) is 0 Å². The van der Waals surface area contributed by atoms with Crippen molar-refractivity contribution < 1.29 is 23.9 Å². The van der Waals surface area contributed by atoms with Crippen LogP contribution < -0.4 is 19.7 Å². The van der Waals surface area contributed by atoms with Crippen LogP contribution in [0.3, 0.4) is 0 Å². The minimum atomic E-state index is -0.106. The van der Waals surface area contributed by atoms with Crippen LogP contribution in [0.1, 0.15) is 5.82 Å².